The number of carboxylic acid groups (broad SMARTS) is 1. The quantitative estimate of drug-likeness (QED) is 0.675. The maximum Gasteiger partial charge on any atom is 0.337 e. The Labute approximate surface area is 90.7 Å². The zero-order valence-corrected chi connectivity index (χ0v) is 8.52. The van der Waals surface area contributed by atoms with Crippen LogP contribution in [-0.4, -0.2) is 16.2 Å². The molecular formula is C8H7ClN2O2S. The summed E-state index contributed by atoms with van der Waals surface area (Å²) < 4.78 is 0. The standard InChI is InChI=1S/C8H7ClN2O2S/c9-4-1-2-5(7(12)13)6(3-4)11-8(10)14/h1-3H,(H,12,13)(H3,10,11,14). The van der Waals surface area contributed by atoms with Gasteiger partial charge >= 0.3 is 5.97 Å². The number of nitrogens with two attached hydrogens (primary N) is 1. The van der Waals surface area contributed by atoms with Crippen LogP contribution in [0.4, 0.5) is 5.69 Å². The molecule has 0 saturated heterocycles. The zero-order valence-electron chi connectivity index (χ0n) is 6.95. The third kappa shape index (κ3) is 2.58. The lowest BCUT2D eigenvalue weighted by Gasteiger charge is -2.07. The van der Waals surface area contributed by atoms with E-state index in [0.29, 0.717) is 5.02 Å². The summed E-state index contributed by atoms with van der Waals surface area (Å²) >= 11 is 10.3. The van der Waals surface area contributed by atoms with Gasteiger partial charge in [0.2, 0.25) is 0 Å². The molecule has 6 heteroatoms. The summed E-state index contributed by atoms with van der Waals surface area (Å²) in [5.74, 6) is -1.07. The maximum absolute atomic E-state index is 10.7. The lowest BCUT2D eigenvalue weighted by molar-refractivity contribution is 0.0698. The van der Waals surface area contributed by atoms with Crippen LogP contribution in [0.15, 0.2) is 18.2 Å². The van der Waals surface area contributed by atoms with E-state index in [1.165, 1.54) is 18.2 Å². The van der Waals surface area contributed by atoms with Gasteiger partial charge in [0.1, 0.15) is 0 Å². The van der Waals surface area contributed by atoms with E-state index in [1.54, 1.807) is 0 Å². The molecule has 0 aliphatic heterocycles. The third-order valence-corrected chi connectivity index (χ3v) is 1.81. The first-order valence-corrected chi connectivity index (χ1v) is 4.38. The molecule has 0 amide bonds. The van der Waals surface area contributed by atoms with E-state index in [0.717, 1.165) is 0 Å². The van der Waals surface area contributed by atoms with E-state index in [-0.39, 0.29) is 16.4 Å². The van der Waals surface area contributed by atoms with Crippen LogP contribution in [0.3, 0.4) is 0 Å². The lowest BCUT2D eigenvalue weighted by Crippen LogP contribution is -2.20. The Bertz CT molecular complexity index is 395. The number of rotatable bonds is 2. The molecule has 0 fully saturated rings. The molecule has 0 aliphatic rings. The Morgan fingerprint density at radius 3 is 2.71 bits per heavy atom. The van der Waals surface area contributed by atoms with E-state index in [9.17, 15) is 4.79 Å². The molecule has 0 bridgehead atoms. The molecule has 0 atom stereocenters. The minimum Gasteiger partial charge on any atom is -0.478 e. The zero-order chi connectivity index (χ0) is 10.7. The molecule has 0 aliphatic carbocycles. The number of hydrogen-bond donors (Lipinski definition) is 3. The molecule has 1 rings (SSSR count). The molecule has 0 spiro atoms. The Kier molecular flexibility index (Phi) is 3.27. The summed E-state index contributed by atoms with van der Waals surface area (Å²) in [6.07, 6.45) is 0. The van der Waals surface area contributed by atoms with Crippen molar-refractivity contribution in [3.8, 4) is 0 Å². The molecule has 74 valence electrons. The first-order chi connectivity index (χ1) is 6.50. The van der Waals surface area contributed by atoms with Gasteiger partial charge in [-0.15, -0.1) is 0 Å². The highest BCUT2D eigenvalue weighted by Gasteiger charge is 2.10. The van der Waals surface area contributed by atoms with Crippen molar-refractivity contribution in [1.29, 1.82) is 0 Å². The van der Waals surface area contributed by atoms with Gasteiger partial charge in [-0.3, -0.25) is 0 Å². The van der Waals surface area contributed by atoms with Gasteiger partial charge in [0, 0.05) is 5.02 Å². The monoisotopic (exact) mass is 230 g/mol. The van der Waals surface area contributed by atoms with Crippen molar-refractivity contribution in [3.05, 3.63) is 28.8 Å². The number of hydrogen-bond acceptors (Lipinski definition) is 2. The van der Waals surface area contributed by atoms with Crippen molar-refractivity contribution in [2.45, 2.75) is 0 Å². The number of benzene rings is 1. The number of aromatic carboxylic acids is 1. The molecular weight excluding hydrogens is 224 g/mol. The van der Waals surface area contributed by atoms with Crippen LogP contribution >= 0.6 is 23.8 Å². The van der Waals surface area contributed by atoms with E-state index < -0.39 is 5.97 Å². The molecule has 0 saturated carbocycles. The van der Waals surface area contributed by atoms with Crippen molar-refractivity contribution in [1.82, 2.24) is 0 Å². The highest BCUT2D eigenvalue weighted by molar-refractivity contribution is 7.80. The largest absolute Gasteiger partial charge is 0.478 e. The van der Waals surface area contributed by atoms with Gasteiger partial charge in [-0.25, -0.2) is 4.79 Å². The Balaban J connectivity index is 3.15. The molecule has 0 unspecified atom stereocenters. The SMILES string of the molecule is NC(=S)Nc1cc(Cl)ccc1C(=O)O. The van der Waals surface area contributed by atoms with Gasteiger partial charge in [-0.2, -0.15) is 0 Å². The van der Waals surface area contributed by atoms with Crippen LogP contribution in [0.25, 0.3) is 0 Å². The second-order valence-corrected chi connectivity index (χ2v) is 3.36. The van der Waals surface area contributed by atoms with Crippen molar-refractivity contribution in [2.24, 2.45) is 5.73 Å². The summed E-state index contributed by atoms with van der Waals surface area (Å²) in [4.78, 5) is 10.7. The van der Waals surface area contributed by atoms with Crippen LogP contribution in [0.2, 0.25) is 5.02 Å². The summed E-state index contributed by atoms with van der Waals surface area (Å²) in [5.41, 5.74) is 5.59. The summed E-state index contributed by atoms with van der Waals surface area (Å²) in [5, 5.41) is 11.7. The maximum atomic E-state index is 10.7. The summed E-state index contributed by atoms with van der Waals surface area (Å²) in [6, 6.07) is 4.31. The number of thiocarbonyl (C=S) groups is 1. The van der Waals surface area contributed by atoms with Crippen molar-refractivity contribution < 1.29 is 9.90 Å². The summed E-state index contributed by atoms with van der Waals surface area (Å²) in [7, 11) is 0. The van der Waals surface area contributed by atoms with Gasteiger partial charge in [0.25, 0.3) is 0 Å². The van der Waals surface area contributed by atoms with Gasteiger partial charge in [-0.05, 0) is 30.4 Å². The molecule has 0 radical (unpaired) electrons. The van der Waals surface area contributed by atoms with Crippen molar-refractivity contribution in [2.75, 3.05) is 5.32 Å². The van der Waals surface area contributed by atoms with Gasteiger partial charge < -0.3 is 16.2 Å². The van der Waals surface area contributed by atoms with E-state index >= 15 is 0 Å². The normalized spacial score (nSPS) is 9.50. The molecule has 14 heavy (non-hydrogen) atoms. The minimum absolute atomic E-state index is 0.00485. The fourth-order valence-corrected chi connectivity index (χ4v) is 1.22. The number of carboxylic acids is 1. The van der Waals surface area contributed by atoms with Crippen molar-refractivity contribution in [3.63, 3.8) is 0 Å². The number of halogens is 1. The highest BCUT2D eigenvalue weighted by atomic mass is 35.5. The fourth-order valence-electron chi connectivity index (χ4n) is 0.939. The van der Waals surface area contributed by atoms with Gasteiger partial charge in [0.05, 0.1) is 11.3 Å². The minimum atomic E-state index is -1.07. The lowest BCUT2D eigenvalue weighted by atomic mass is 10.2. The fraction of sp³-hybridized carbons (Fsp3) is 0. The van der Waals surface area contributed by atoms with Crippen LogP contribution in [-0.2, 0) is 0 Å². The summed E-state index contributed by atoms with van der Waals surface area (Å²) in [6.45, 7) is 0. The average molecular weight is 231 g/mol. The predicted octanol–water partition coefficient (Wildman–Crippen LogP) is 1.69. The number of carbonyl (C=O) groups is 1. The highest BCUT2D eigenvalue weighted by Crippen LogP contribution is 2.20. The second-order valence-electron chi connectivity index (χ2n) is 2.48. The molecule has 4 N–H and O–H groups in total. The van der Waals surface area contributed by atoms with Gasteiger partial charge in [0.15, 0.2) is 5.11 Å². The smallest absolute Gasteiger partial charge is 0.337 e. The van der Waals surface area contributed by atoms with Crippen LogP contribution in [0.5, 0.6) is 0 Å². The predicted molar refractivity (Wildman–Crippen MR) is 58.8 cm³/mol. The second kappa shape index (κ2) is 4.26. The molecule has 1 aromatic carbocycles. The Hall–Kier alpha value is -1.33. The van der Waals surface area contributed by atoms with Gasteiger partial charge in [-0.1, -0.05) is 11.6 Å². The first-order valence-electron chi connectivity index (χ1n) is 3.60. The van der Waals surface area contributed by atoms with Crippen LogP contribution in [0, 0.1) is 0 Å². The Morgan fingerprint density at radius 1 is 1.57 bits per heavy atom. The van der Waals surface area contributed by atoms with Crippen LogP contribution < -0.4 is 11.1 Å². The van der Waals surface area contributed by atoms with Crippen LogP contribution in [0.1, 0.15) is 10.4 Å². The number of anilines is 1. The third-order valence-electron chi connectivity index (χ3n) is 1.47. The molecule has 1 aromatic rings. The average Bonchev–Trinajstić information content (AvgIpc) is 2.01. The van der Waals surface area contributed by atoms with Crippen molar-refractivity contribution >= 4 is 40.6 Å². The molecule has 0 aromatic heterocycles. The Morgan fingerprint density at radius 2 is 2.21 bits per heavy atom. The number of nitrogens with one attached hydrogen (secondary N) is 1. The molecule has 4 nitrogen and oxygen atoms in total. The van der Waals surface area contributed by atoms with E-state index in [1.807, 2.05) is 0 Å². The first kappa shape index (κ1) is 10.7. The molecule has 0 heterocycles. The van der Waals surface area contributed by atoms with E-state index in [2.05, 4.69) is 17.5 Å². The van der Waals surface area contributed by atoms with E-state index in [4.69, 9.17) is 22.4 Å². The topological polar surface area (TPSA) is 75.3 Å².